The van der Waals surface area contributed by atoms with Crippen molar-refractivity contribution in [2.45, 2.75) is 83.5 Å². The van der Waals surface area contributed by atoms with Crippen molar-refractivity contribution in [1.82, 2.24) is 0 Å². The van der Waals surface area contributed by atoms with Gasteiger partial charge < -0.3 is 15.3 Å². The van der Waals surface area contributed by atoms with E-state index < -0.39 is 17.1 Å². The van der Waals surface area contributed by atoms with Crippen LogP contribution in [0.5, 0.6) is 0 Å². The second-order valence-electron chi connectivity index (χ2n) is 10.1. The lowest BCUT2D eigenvalue weighted by Gasteiger charge is -2.60. The molecule has 0 heterocycles. The van der Waals surface area contributed by atoms with Crippen LogP contribution >= 0.6 is 0 Å². The number of aliphatic hydroxyl groups excluding tert-OH is 2. The fourth-order valence-corrected chi connectivity index (χ4v) is 7.57. The van der Waals surface area contributed by atoms with Crippen LogP contribution < -0.4 is 0 Å². The van der Waals surface area contributed by atoms with Crippen LogP contribution in [0.1, 0.15) is 65.7 Å². The smallest absolute Gasteiger partial charge is 0.167 e. The average Bonchev–Trinajstić information content (AvgIpc) is 2.78. The van der Waals surface area contributed by atoms with E-state index in [0.29, 0.717) is 25.2 Å². The van der Waals surface area contributed by atoms with Gasteiger partial charge in [-0.15, -0.1) is 0 Å². The van der Waals surface area contributed by atoms with E-state index in [1.807, 2.05) is 6.92 Å². The first kappa shape index (κ1) is 18.6. The van der Waals surface area contributed by atoms with Crippen molar-refractivity contribution in [3.8, 4) is 0 Å². The van der Waals surface area contributed by atoms with Gasteiger partial charge in [0.15, 0.2) is 11.4 Å². The fraction of sp³-hybridized carbons (Fsp3) is 0.905. The summed E-state index contributed by atoms with van der Waals surface area (Å²) >= 11 is 0. The molecule has 0 amide bonds. The molecule has 4 saturated carbocycles. The third kappa shape index (κ3) is 2.08. The second-order valence-corrected chi connectivity index (χ2v) is 10.1. The van der Waals surface area contributed by atoms with Gasteiger partial charge in [0.25, 0.3) is 0 Å². The normalized spacial score (nSPS) is 55.1. The summed E-state index contributed by atoms with van der Waals surface area (Å²) < 4.78 is 0. The van der Waals surface area contributed by atoms with Crippen molar-refractivity contribution < 1.29 is 24.9 Å². The number of rotatable bonds is 1. The lowest BCUT2D eigenvalue weighted by atomic mass is 9.44. The van der Waals surface area contributed by atoms with Gasteiger partial charge in [-0.05, 0) is 62.2 Å². The Hall–Kier alpha value is -0.780. The number of carbonyl (C=O) groups excluding carboxylic acids is 2. The molecule has 0 aromatic heterocycles. The fourth-order valence-electron chi connectivity index (χ4n) is 7.57. The van der Waals surface area contributed by atoms with E-state index in [-0.39, 0.29) is 47.3 Å². The maximum absolute atomic E-state index is 13.0. The molecule has 9 unspecified atom stereocenters. The first-order chi connectivity index (χ1) is 12.1. The predicted molar refractivity (Wildman–Crippen MR) is 95.1 cm³/mol. The van der Waals surface area contributed by atoms with Gasteiger partial charge in [0, 0.05) is 24.2 Å². The minimum Gasteiger partial charge on any atom is -0.393 e. The molecule has 0 aromatic rings. The third-order valence-electron chi connectivity index (χ3n) is 9.13. The standard InChI is InChI=1S/C21H32O5/c1-11(22)21(26)18(25)10-15-13-9-17(24)16-8-12(23)4-6-19(16,2)14(13)5-7-20(15,21)3/h11-16,22-23,26H,4-10H2,1-3H3. The summed E-state index contributed by atoms with van der Waals surface area (Å²) in [6.07, 6.45) is 2.95. The van der Waals surface area contributed by atoms with Crippen LogP contribution in [0.15, 0.2) is 0 Å². The first-order valence-electron chi connectivity index (χ1n) is 10.2. The number of carbonyl (C=O) groups is 2. The molecule has 9 atom stereocenters. The molecule has 0 bridgehead atoms. The highest BCUT2D eigenvalue weighted by molar-refractivity contribution is 5.92. The summed E-state index contributed by atoms with van der Waals surface area (Å²) in [6, 6.07) is 0. The van der Waals surface area contributed by atoms with E-state index in [4.69, 9.17) is 0 Å². The van der Waals surface area contributed by atoms with Crippen LogP contribution in [0.4, 0.5) is 0 Å². The Kier molecular flexibility index (Phi) is 4.01. The summed E-state index contributed by atoms with van der Waals surface area (Å²) in [6.45, 7) is 5.65. The van der Waals surface area contributed by atoms with Crippen LogP contribution in [0, 0.1) is 34.5 Å². The Morgan fingerprint density at radius 2 is 1.77 bits per heavy atom. The molecule has 5 nitrogen and oxygen atoms in total. The van der Waals surface area contributed by atoms with Gasteiger partial charge in [0.1, 0.15) is 5.78 Å². The Labute approximate surface area is 155 Å². The van der Waals surface area contributed by atoms with Crippen molar-refractivity contribution in [3.63, 3.8) is 0 Å². The molecule has 0 radical (unpaired) electrons. The van der Waals surface area contributed by atoms with Crippen LogP contribution in [0.25, 0.3) is 0 Å². The van der Waals surface area contributed by atoms with Crippen LogP contribution in [-0.4, -0.2) is 44.7 Å². The number of Topliss-reactive ketones (excluding diaryl/α,β-unsaturated/α-hetero) is 2. The maximum Gasteiger partial charge on any atom is 0.167 e. The van der Waals surface area contributed by atoms with Crippen molar-refractivity contribution in [1.29, 1.82) is 0 Å². The van der Waals surface area contributed by atoms with E-state index in [9.17, 15) is 24.9 Å². The highest BCUT2D eigenvalue weighted by atomic mass is 16.4. The summed E-state index contributed by atoms with van der Waals surface area (Å²) in [7, 11) is 0. The van der Waals surface area contributed by atoms with Gasteiger partial charge in [-0.25, -0.2) is 0 Å². The molecule has 4 rings (SSSR count). The Balaban J connectivity index is 1.72. The van der Waals surface area contributed by atoms with Gasteiger partial charge >= 0.3 is 0 Å². The SMILES string of the molecule is CC(O)C1(O)C(=O)CC2C3CC(=O)C4CC(O)CCC4(C)C3CCC21C. The molecule has 146 valence electrons. The third-order valence-corrected chi connectivity index (χ3v) is 9.13. The van der Waals surface area contributed by atoms with Crippen LogP contribution in [-0.2, 0) is 9.59 Å². The molecule has 26 heavy (non-hydrogen) atoms. The average molecular weight is 364 g/mol. The van der Waals surface area contributed by atoms with Gasteiger partial charge in [-0.2, -0.15) is 0 Å². The molecule has 4 fully saturated rings. The highest BCUT2D eigenvalue weighted by Crippen LogP contribution is 2.67. The van der Waals surface area contributed by atoms with Crippen molar-refractivity contribution in [2.75, 3.05) is 0 Å². The molecule has 0 aromatic carbocycles. The topological polar surface area (TPSA) is 94.8 Å². The lowest BCUT2D eigenvalue weighted by molar-refractivity contribution is -0.189. The monoisotopic (exact) mass is 364 g/mol. The summed E-state index contributed by atoms with van der Waals surface area (Å²) in [5, 5.41) is 31.5. The molecule has 4 aliphatic carbocycles. The molecule has 0 aliphatic heterocycles. The zero-order valence-electron chi connectivity index (χ0n) is 16.1. The first-order valence-corrected chi connectivity index (χ1v) is 10.2. The highest BCUT2D eigenvalue weighted by Gasteiger charge is 2.70. The number of hydrogen-bond donors (Lipinski definition) is 3. The minimum absolute atomic E-state index is 0.0538. The van der Waals surface area contributed by atoms with Crippen LogP contribution in [0.3, 0.4) is 0 Å². The Morgan fingerprint density at radius 1 is 1.08 bits per heavy atom. The zero-order chi connectivity index (χ0) is 19.1. The number of aliphatic hydroxyl groups is 3. The summed E-state index contributed by atoms with van der Waals surface area (Å²) in [5.74, 6) is 0.261. The zero-order valence-corrected chi connectivity index (χ0v) is 16.1. The molecular weight excluding hydrogens is 332 g/mol. The largest absolute Gasteiger partial charge is 0.393 e. The van der Waals surface area contributed by atoms with E-state index in [2.05, 4.69) is 6.92 Å². The van der Waals surface area contributed by atoms with Crippen molar-refractivity contribution >= 4 is 11.6 Å². The van der Waals surface area contributed by atoms with E-state index in [1.54, 1.807) is 0 Å². The molecule has 4 aliphatic rings. The van der Waals surface area contributed by atoms with Gasteiger partial charge in [0.2, 0.25) is 0 Å². The quantitative estimate of drug-likeness (QED) is 0.660. The van der Waals surface area contributed by atoms with Crippen molar-refractivity contribution in [2.24, 2.45) is 34.5 Å². The summed E-state index contributed by atoms with van der Waals surface area (Å²) in [4.78, 5) is 25.7. The number of fused-ring (bicyclic) bond motifs is 5. The van der Waals surface area contributed by atoms with E-state index >= 15 is 0 Å². The van der Waals surface area contributed by atoms with Crippen molar-refractivity contribution in [3.05, 3.63) is 0 Å². The van der Waals surface area contributed by atoms with Gasteiger partial charge in [-0.1, -0.05) is 13.8 Å². The van der Waals surface area contributed by atoms with Gasteiger partial charge in [0.05, 0.1) is 12.2 Å². The van der Waals surface area contributed by atoms with Crippen LogP contribution in [0.2, 0.25) is 0 Å². The second kappa shape index (κ2) is 5.62. The molecular formula is C21H32O5. The molecule has 3 N–H and O–H groups in total. The summed E-state index contributed by atoms with van der Waals surface area (Å²) in [5.41, 5.74) is -2.49. The Bertz CT molecular complexity index is 644. The van der Waals surface area contributed by atoms with E-state index in [1.165, 1.54) is 6.92 Å². The van der Waals surface area contributed by atoms with Gasteiger partial charge in [-0.3, -0.25) is 9.59 Å². The number of ketones is 2. The predicted octanol–water partition coefficient (Wildman–Crippen LogP) is 1.86. The molecule has 5 heteroatoms. The molecule has 0 saturated heterocycles. The minimum atomic E-state index is -1.70. The number of hydrogen-bond acceptors (Lipinski definition) is 5. The maximum atomic E-state index is 13.0. The molecule has 0 spiro atoms. The lowest BCUT2D eigenvalue weighted by Crippen LogP contribution is -2.62. The Morgan fingerprint density at radius 3 is 2.42 bits per heavy atom. The van der Waals surface area contributed by atoms with E-state index in [0.717, 1.165) is 19.3 Å².